The van der Waals surface area contributed by atoms with Crippen LogP contribution in [0.5, 0.6) is 0 Å². The van der Waals surface area contributed by atoms with E-state index in [1.54, 1.807) is 19.0 Å². The highest BCUT2D eigenvalue weighted by molar-refractivity contribution is 6.02. The number of nitrogens with one attached hydrogen (secondary N) is 2. The maximum atomic E-state index is 12.3. The Kier molecular flexibility index (Phi) is 3.32. The highest BCUT2D eigenvalue weighted by Gasteiger charge is 2.29. The Morgan fingerprint density at radius 3 is 2.74 bits per heavy atom. The van der Waals surface area contributed by atoms with E-state index in [2.05, 4.69) is 10.6 Å². The van der Waals surface area contributed by atoms with E-state index in [0.717, 1.165) is 16.9 Å². The van der Waals surface area contributed by atoms with Gasteiger partial charge in [0, 0.05) is 18.4 Å². The fourth-order valence-electron chi connectivity index (χ4n) is 2.07. The van der Waals surface area contributed by atoms with Gasteiger partial charge in [-0.15, -0.1) is 0 Å². The quantitative estimate of drug-likeness (QED) is 0.858. The smallest absolute Gasteiger partial charge is 0.246 e. The summed E-state index contributed by atoms with van der Waals surface area (Å²) in [6.07, 6.45) is 0.376. The van der Waals surface area contributed by atoms with Crippen LogP contribution in [0.15, 0.2) is 18.2 Å². The Hall–Kier alpha value is -1.88. The van der Waals surface area contributed by atoms with Gasteiger partial charge in [-0.2, -0.15) is 0 Å². The summed E-state index contributed by atoms with van der Waals surface area (Å²) in [5, 5.41) is 5.77. The molecule has 0 aliphatic carbocycles. The van der Waals surface area contributed by atoms with Crippen LogP contribution in [0, 0.1) is 0 Å². The van der Waals surface area contributed by atoms with Gasteiger partial charge in [-0.1, -0.05) is 0 Å². The summed E-state index contributed by atoms with van der Waals surface area (Å²) in [4.78, 5) is 25.3. The molecule has 2 amide bonds. The zero-order chi connectivity index (χ0) is 14.2. The standard InChI is InChI=1S/C14H19N3O2/c1-14(2,15-3)13(19)17(4)10-5-6-11-9(7-10)8-12(18)16-11/h5-7,15H,8H2,1-4H3,(H,16,18). The van der Waals surface area contributed by atoms with Crippen molar-refractivity contribution in [3.63, 3.8) is 0 Å². The van der Waals surface area contributed by atoms with Crippen LogP contribution in [0.3, 0.4) is 0 Å². The molecule has 5 heteroatoms. The molecule has 102 valence electrons. The van der Waals surface area contributed by atoms with Crippen molar-refractivity contribution in [2.24, 2.45) is 0 Å². The van der Waals surface area contributed by atoms with Gasteiger partial charge in [0.25, 0.3) is 0 Å². The first-order valence-electron chi connectivity index (χ1n) is 6.25. The van der Waals surface area contributed by atoms with E-state index >= 15 is 0 Å². The fourth-order valence-corrected chi connectivity index (χ4v) is 2.07. The van der Waals surface area contributed by atoms with Gasteiger partial charge in [0.1, 0.15) is 0 Å². The van der Waals surface area contributed by atoms with Crippen LogP contribution in [0.1, 0.15) is 19.4 Å². The van der Waals surface area contributed by atoms with Gasteiger partial charge in [0.15, 0.2) is 0 Å². The third kappa shape index (κ3) is 2.46. The monoisotopic (exact) mass is 261 g/mol. The number of carbonyl (C=O) groups is 2. The second-order valence-electron chi connectivity index (χ2n) is 5.31. The highest BCUT2D eigenvalue weighted by Crippen LogP contribution is 2.28. The van der Waals surface area contributed by atoms with E-state index < -0.39 is 5.54 Å². The summed E-state index contributed by atoms with van der Waals surface area (Å²) in [7, 11) is 3.50. The molecule has 0 unspecified atom stereocenters. The van der Waals surface area contributed by atoms with Gasteiger partial charge in [-0.05, 0) is 44.7 Å². The van der Waals surface area contributed by atoms with Gasteiger partial charge in [0.05, 0.1) is 12.0 Å². The van der Waals surface area contributed by atoms with Crippen molar-refractivity contribution in [2.75, 3.05) is 24.3 Å². The number of anilines is 2. The number of fused-ring (bicyclic) bond motifs is 1. The lowest BCUT2D eigenvalue weighted by Crippen LogP contribution is -2.51. The molecule has 0 bridgehead atoms. The average molecular weight is 261 g/mol. The van der Waals surface area contributed by atoms with Crippen LogP contribution >= 0.6 is 0 Å². The van der Waals surface area contributed by atoms with Gasteiger partial charge >= 0.3 is 0 Å². The lowest BCUT2D eigenvalue weighted by atomic mass is 10.0. The zero-order valence-electron chi connectivity index (χ0n) is 11.7. The van der Waals surface area contributed by atoms with Crippen molar-refractivity contribution in [3.8, 4) is 0 Å². The molecule has 0 saturated carbocycles. The number of benzene rings is 1. The van der Waals surface area contributed by atoms with E-state index in [9.17, 15) is 9.59 Å². The van der Waals surface area contributed by atoms with Gasteiger partial charge in [-0.3, -0.25) is 9.59 Å². The van der Waals surface area contributed by atoms with Crippen molar-refractivity contribution in [2.45, 2.75) is 25.8 Å². The molecule has 0 saturated heterocycles. The number of carbonyl (C=O) groups excluding carboxylic acids is 2. The summed E-state index contributed by atoms with van der Waals surface area (Å²) < 4.78 is 0. The first kappa shape index (κ1) is 13.5. The van der Waals surface area contributed by atoms with Gasteiger partial charge < -0.3 is 15.5 Å². The topological polar surface area (TPSA) is 61.4 Å². The summed E-state index contributed by atoms with van der Waals surface area (Å²) in [6, 6.07) is 5.57. The molecule has 2 rings (SSSR count). The number of amides is 2. The molecule has 0 radical (unpaired) electrons. The van der Waals surface area contributed by atoms with Gasteiger partial charge in [-0.25, -0.2) is 0 Å². The van der Waals surface area contributed by atoms with E-state index in [-0.39, 0.29) is 11.8 Å². The average Bonchev–Trinajstić information content (AvgIpc) is 2.75. The minimum absolute atomic E-state index is 0.00307. The van der Waals surface area contributed by atoms with Crippen LogP contribution in [-0.2, 0) is 16.0 Å². The van der Waals surface area contributed by atoms with E-state index in [1.807, 2.05) is 32.0 Å². The molecular formula is C14H19N3O2. The predicted molar refractivity (Wildman–Crippen MR) is 75.3 cm³/mol. The zero-order valence-corrected chi connectivity index (χ0v) is 11.7. The minimum Gasteiger partial charge on any atom is -0.326 e. The lowest BCUT2D eigenvalue weighted by molar-refractivity contribution is -0.123. The Morgan fingerprint density at radius 1 is 1.42 bits per heavy atom. The molecule has 1 heterocycles. The second-order valence-corrected chi connectivity index (χ2v) is 5.31. The van der Waals surface area contributed by atoms with Crippen LogP contribution in [0.25, 0.3) is 0 Å². The summed E-state index contributed by atoms with van der Waals surface area (Å²) >= 11 is 0. The summed E-state index contributed by atoms with van der Waals surface area (Å²) in [6.45, 7) is 3.68. The Morgan fingerprint density at radius 2 is 2.11 bits per heavy atom. The number of likely N-dealkylation sites (N-methyl/N-ethyl adjacent to an activating group) is 2. The van der Waals surface area contributed by atoms with Crippen LogP contribution in [-0.4, -0.2) is 31.4 Å². The van der Waals surface area contributed by atoms with Crippen LogP contribution in [0.4, 0.5) is 11.4 Å². The SMILES string of the molecule is CNC(C)(C)C(=O)N(C)c1ccc2c(c1)CC(=O)N2. The molecule has 1 aliphatic rings. The molecule has 0 fully saturated rings. The number of hydrogen-bond donors (Lipinski definition) is 2. The second kappa shape index (κ2) is 4.66. The lowest BCUT2D eigenvalue weighted by Gasteiger charge is -2.29. The molecule has 5 nitrogen and oxygen atoms in total. The molecule has 19 heavy (non-hydrogen) atoms. The Labute approximate surface area is 113 Å². The highest BCUT2D eigenvalue weighted by atomic mass is 16.2. The van der Waals surface area contributed by atoms with E-state index in [4.69, 9.17) is 0 Å². The maximum absolute atomic E-state index is 12.3. The summed E-state index contributed by atoms with van der Waals surface area (Å²) in [5.41, 5.74) is 1.94. The molecule has 0 aromatic heterocycles. The minimum atomic E-state index is -0.623. The van der Waals surface area contributed by atoms with Crippen molar-refractivity contribution in [1.29, 1.82) is 0 Å². The maximum Gasteiger partial charge on any atom is 0.246 e. The molecule has 1 aromatic rings. The van der Waals surface area contributed by atoms with Crippen molar-refractivity contribution in [1.82, 2.24) is 5.32 Å². The predicted octanol–water partition coefficient (Wildman–Crippen LogP) is 1.14. The first-order chi connectivity index (χ1) is 8.85. The van der Waals surface area contributed by atoms with E-state index in [0.29, 0.717) is 6.42 Å². The number of rotatable bonds is 3. The third-order valence-electron chi connectivity index (χ3n) is 3.57. The number of nitrogens with zero attached hydrogens (tertiary/aromatic N) is 1. The largest absolute Gasteiger partial charge is 0.326 e. The Balaban J connectivity index is 2.26. The van der Waals surface area contributed by atoms with Crippen LogP contribution < -0.4 is 15.5 Å². The molecule has 1 aliphatic heterocycles. The molecule has 0 atom stereocenters. The van der Waals surface area contributed by atoms with E-state index in [1.165, 1.54) is 0 Å². The summed E-state index contributed by atoms with van der Waals surface area (Å²) in [5.74, 6) is -0.0242. The third-order valence-corrected chi connectivity index (χ3v) is 3.57. The fraction of sp³-hybridized carbons (Fsp3) is 0.429. The van der Waals surface area contributed by atoms with Crippen molar-refractivity contribution < 1.29 is 9.59 Å². The normalized spacial score (nSPS) is 14.0. The van der Waals surface area contributed by atoms with Crippen molar-refractivity contribution >= 4 is 23.2 Å². The molecule has 0 spiro atoms. The Bertz CT molecular complexity index is 537. The van der Waals surface area contributed by atoms with Gasteiger partial charge in [0.2, 0.25) is 11.8 Å². The molecular weight excluding hydrogens is 242 g/mol. The molecule has 2 N–H and O–H groups in total. The number of hydrogen-bond acceptors (Lipinski definition) is 3. The molecule has 1 aromatic carbocycles. The van der Waals surface area contributed by atoms with Crippen LogP contribution in [0.2, 0.25) is 0 Å². The first-order valence-corrected chi connectivity index (χ1v) is 6.25. The van der Waals surface area contributed by atoms with Crippen molar-refractivity contribution in [3.05, 3.63) is 23.8 Å².